The Morgan fingerprint density at radius 2 is 1.46 bits per heavy atom. The zero-order chi connectivity index (χ0) is 18.9. The van der Waals surface area contributed by atoms with Crippen LogP contribution in [0.25, 0.3) is 0 Å². The first-order valence-corrected chi connectivity index (χ1v) is 9.81. The fourth-order valence-electron chi connectivity index (χ4n) is 2.72. The molecule has 2 aromatic rings. The standard InChI is InChI=1S/C15H24O.C9H10O/c1-2-3-4-5-6-7-8-11-14-12-9-10-13-15(14)16;1-2-10-8-9-6-4-3-5-7-9/h9-10,12-13,16H,2-8,11H2,1H3;2-7H,1,8H2. The van der Waals surface area contributed by atoms with Crippen LogP contribution in [0.3, 0.4) is 0 Å². The fraction of sp³-hybridized carbons (Fsp3) is 0.417. The van der Waals surface area contributed by atoms with Gasteiger partial charge in [0.2, 0.25) is 0 Å². The number of phenolic OH excluding ortho intramolecular Hbond substituents is 1. The molecule has 2 nitrogen and oxygen atoms in total. The van der Waals surface area contributed by atoms with Crippen molar-refractivity contribution in [3.05, 3.63) is 78.6 Å². The molecule has 0 aromatic heterocycles. The van der Waals surface area contributed by atoms with E-state index in [1.807, 2.05) is 48.5 Å². The van der Waals surface area contributed by atoms with Gasteiger partial charge in [-0.25, -0.2) is 0 Å². The normalized spacial score (nSPS) is 9.88. The lowest BCUT2D eigenvalue weighted by atomic mass is 10.0. The first kappa shape index (κ1) is 21.8. The van der Waals surface area contributed by atoms with Gasteiger partial charge in [0.05, 0.1) is 6.26 Å². The number of benzene rings is 2. The first-order chi connectivity index (χ1) is 12.8. The van der Waals surface area contributed by atoms with Crippen LogP contribution in [0.2, 0.25) is 0 Å². The van der Waals surface area contributed by atoms with Crippen LogP contribution in [0.15, 0.2) is 67.4 Å². The minimum atomic E-state index is 0.452. The molecule has 0 radical (unpaired) electrons. The molecule has 0 aliphatic rings. The van der Waals surface area contributed by atoms with Crippen molar-refractivity contribution in [2.24, 2.45) is 0 Å². The summed E-state index contributed by atoms with van der Waals surface area (Å²) in [5.41, 5.74) is 2.26. The van der Waals surface area contributed by atoms with Crippen molar-refractivity contribution in [1.29, 1.82) is 0 Å². The van der Waals surface area contributed by atoms with Gasteiger partial charge in [0.25, 0.3) is 0 Å². The number of aromatic hydroxyl groups is 1. The van der Waals surface area contributed by atoms with E-state index in [2.05, 4.69) is 13.5 Å². The van der Waals surface area contributed by atoms with Crippen LogP contribution in [0, 0.1) is 0 Å². The first-order valence-electron chi connectivity index (χ1n) is 9.81. The Morgan fingerprint density at radius 3 is 2.12 bits per heavy atom. The van der Waals surface area contributed by atoms with E-state index in [0.717, 1.165) is 12.0 Å². The van der Waals surface area contributed by atoms with E-state index in [9.17, 15) is 5.11 Å². The molecule has 0 unspecified atom stereocenters. The van der Waals surface area contributed by atoms with Gasteiger partial charge in [0.1, 0.15) is 12.4 Å². The fourth-order valence-corrected chi connectivity index (χ4v) is 2.72. The van der Waals surface area contributed by atoms with E-state index in [-0.39, 0.29) is 0 Å². The largest absolute Gasteiger partial charge is 0.508 e. The van der Waals surface area contributed by atoms with Crippen LogP contribution in [-0.4, -0.2) is 5.11 Å². The molecule has 0 atom stereocenters. The molecule has 0 fully saturated rings. The molecule has 0 saturated carbocycles. The summed E-state index contributed by atoms with van der Waals surface area (Å²) >= 11 is 0. The number of hydrogen-bond acceptors (Lipinski definition) is 2. The van der Waals surface area contributed by atoms with E-state index in [0.29, 0.717) is 12.4 Å². The Morgan fingerprint density at radius 1 is 0.846 bits per heavy atom. The SMILES string of the molecule is C=COCc1ccccc1.CCCCCCCCCc1ccccc1O. The quantitative estimate of drug-likeness (QED) is 0.346. The highest BCUT2D eigenvalue weighted by atomic mass is 16.5. The molecule has 0 bridgehead atoms. The molecule has 26 heavy (non-hydrogen) atoms. The van der Waals surface area contributed by atoms with Crippen LogP contribution in [0.4, 0.5) is 0 Å². The number of ether oxygens (including phenoxy) is 1. The summed E-state index contributed by atoms with van der Waals surface area (Å²) in [6, 6.07) is 17.7. The number of unbranched alkanes of at least 4 members (excludes halogenated alkanes) is 6. The summed E-state index contributed by atoms with van der Waals surface area (Å²) in [6.45, 7) is 6.32. The summed E-state index contributed by atoms with van der Waals surface area (Å²) in [6.07, 6.45) is 11.7. The lowest BCUT2D eigenvalue weighted by Gasteiger charge is -2.04. The molecule has 0 spiro atoms. The molecule has 2 rings (SSSR count). The van der Waals surface area contributed by atoms with Crippen molar-refractivity contribution in [3.8, 4) is 5.75 Å². The van der Waals surface area contributed by atoms with Crippen LogP contribution < -0.4 is 0 Å². The smallest absolute Gasteiger partial charge is 0.118 e. The Bertz CT molecular complexity index is 578. The van der Waals surface area contributed by atoms with Crippen LogP contribution in [0.5, 0.6) is 5.75 Å². The lowest BCUT2D eigenvalue weighted by Crippen LogP contribution is -1.87. The van der Waals surface area contributed by atoms with Crippen molar-refractivity contribution < 1.29 is 9.84 Å². The van der Waals surface area contributed by atoms with Crippen molar-refractivity contribution >= 4 is 0 Å². The number of hydrogen-bond donors (Lipinski definition) is 1. The van der Waals surface area contributed by atoms with E-state index < -0.39 is 0 Å². The molecule has 1 N–H and O–H groups in total. The zero-order valence-corrected chi connectivity index (χ0v) is 16.2. The molecular formula is C24H34O2. The molecule has 0 saturated heterocycles. The zero-order valence-electron chi connectivity index (χ0n) is 16.2. The van der Waals surface area contributed by atoms with Gasteiger partial charge >= 0.3 is 0 Å². The van der Waals surface area contributed by atoms with Gasteiger partial charge in [-0.2, -0.15) is 0 Å². The van der Waals surface area contributed by atoms with E-state index in [1.54, 1.807) is 6.07 Å². The number of aryl methyl sites for hydroxylation is 1. The monoisotopic (exact) mass is 354 g/mol. The third kappa shape index (κ3) is 10.6. The van der Waals surface area contributed by atoms with Crippen LogP contribution in [-0.2, 0) is 17.8 Å². The second kappa shape index (κ2) is 15.1. The van der Waals surface area contributed by atoms with E-state index >= 15 is 0 Å². The Labute approximate surface area is 159 Å². The Kier molecular flexibility index (Phi) is 12.6. The highest BCUT2D eigenvalue weighted by Crippen LogP contribution is 2.18. The summed E-state index contributed by atoms with van der Waals surface area (Å²) < 4.78 is 4.98. The van der Waals surface area contributed by atoms with Crippen molar-refractivity contribution in [2.75, 3.05) is 0 Å². The lowest BCUT2D eigenvalue weighted by molar-refractivity contribution is 0.237. The predicted molar refractivity (Wildman–Crippen MR) is 111 cm³/mol. The van der Waals surface area contributed by atoms with Gasteiger partial charge in [-0.15, -0.1) is 0 Å². The average Bonchev–Trinajstić information content (AvgIpc) is 2.68. The summed E-state index contributed by atoms with van der Waals surface area (Å²) in [5.74, 6) is 0.452. The summed E-state index contributed by atoms with van der Waals surface area (Å²) in [7, 11) is 0. The van der Waals surface area contributed by atoms with Crippen molar-refractivity contribution in [1.82, 2.24) is 0 Å². The highest BCUT2D eigenvalue weighted by Gasteiger charge is 1.98. The van der Waals surface area contributed by atoms with Crippen molar-refractivity contribution in [2.45, 2.75) is 64.9 Å². The second-order valence-corrected chi connectivity index (χ2v) is 6.46. The topological polar surface area (TPSA) is 29.5 Å². The number of para-hydroxylation sites is 1. The minimum Gasteiger partial charge on any atom is -0.508 e. The summed E-state index contributed by atoms with van der Waals surface area (Å²) in [4.78, 5) is 0. The van der Waals surface area contributed by atoms with Gasteiger partial charge < -0.3 is 9.84 Å². The number of rotatable bonds is 11. The molecule has 142 valence electrons. The van der Waals surface area contributed by atoms with Crippen molar-refractivity contribution in [3.63, 3.8) is 0 Å². The summed E-state index contributed by atoms with van der Waals surface area (Å²) in [5, 5.41) is 9.58. The van der Waals surface area contributed by atoms with Crippen LogP contribution >= 0.6 is 0 Å². The van der Waals surface area contributed by atoms with Gasteiger partial charge in [0, 0.05) is 0 Å². The second-order valence-electron chi connectivity index (χ2n) is 6.46. The average molecular weight is 355 g/mol. The minimum absolute atomic E-state index is 0.452. The molecular weight excluding hydrogens is 320 g/mol. The molecule has 2 heteroatoms. The maximum Gasteiger partial charge on any atom is 0.118 e. The molecule has 2 aromatic carbocycles. The predicted octanol–water partition coefficient (Wildman–Crippen LogP) is 7.03. The Balaban J connectivity index is 0.000000289. The maximum absolute atomic E-state index is 9.58. The van der Waals surface area contributed by atoms with Crippen LogP contribution in [0.1, 0.15) is 63.0 Å². The molecule has 0 aliphatic carbocycles. The Hall–Kier alpha value is -2.22. The molecule has 0 heterocycles. The third-order valence-electron chi connectivity index (χ3n) is 4.25. The van der Waals surface area contributed by atoms with Gasteiger partial charge in [-0.1, -0.05) is 101 Å². The van der Waals surface area contributed by atoms with Gasteiger partial charge in [-0.3, -0.25) is 0 Å². The highest BCUT2D eigenvalue weighted by molar-refractivity contribution is 5.31. The third-order valence-corrected chi connectivity index (χ3v) is 4.25. The van der Waals surface area contributed by atoms with E-state index in [4.69, 9.17) is 4.74 Å². The molecule has 0 amide bonds. The van der Waals surface area contributed by atoms with E-state index in [1.165, 1.54) is 56.8 Å². The number of phenols is 1. The van der Waals surface area contributed by atoms with Gasteiger partial charge in [-0.05, 0) is 30.0 Å². The maximum atomic E-state index is 9.58. The molecule has 0 aliphatic heterocycles. The van der Waals surface area contributed by atoms with Gasteiger partial charge in [0.15, 0.2) is 0 Å².